The zero-order valence-electron chi connectivity index (χ0n) is 15.0. The van der Waals surface area contributed by atoms with Crippen LogP contribution in [0.5, 0.6) is 0 Å². The average Bonchev–Trinajstić information content (AvgIpc) is 2.67. The highest BCUT2D eigenvalue weighted by Crippen LogP contribution is 2.22. The summed E-state index contributed by atoms with van der Waals surface area (Å²) in [7, 11) is 3.53. The molecule has 0 spiro atoms. The molecule has 0 aliphatic carbocycles. The molecule has 3 rings (SSSR count). The Bertz CT molecular complexity index is 934. The third kappa shape index (κ3) is 5.14. The minimum atomic E-state index is -0.443. The van der Waals surface area contributed by atoms with Crippen molar-refractivity contribution in [3.8, 4) is 0 Å². The van der Waals surface area contributed by atoms with Crippen LogP contribution in [0.4, 0.5) is 17.6 Å². The summed E-state index contributed by atoms with van der Waals surface area (Å²) in [6, 6.07) is 13.4. The summed E-state index contributed by atoms with van der Waals surface area (Å²) >= 11 is 1.63. The van der Waals surface area contributed by atoms with Crippen molar-refractivity contribution in [1.29, 1.82) is 0 Å². The van der Waals surface area contributed by atoms with Crippen LogP contribution in [0.25, 0.3) is 0 Å². The Morgan fingerprint density at radius 1 is 1.15 bits per heavy atom. The van der Waals surface area contributed by atoms with E-state index in [1.165, 1.54) is 0 Å². The highest BCUT2D eigenvalue weighted by molar-refractivity contribution is 7.98. The first kappa shape index (κ1) is 18.6. The first-order valence-corrected chi connectivity index (χ1v) is 9.13. The molecule has 1 aromatic carbocycles. The van der Waals surface area contributed by atoms with E-state index in [9.17, 15) is 4.79 Å². The van der Waals surface area contributed by atoms with E-state index in [1.54, 1.807) is 37.0 Å². The van der Waals surface area contributed by atoms with Crippen molar-refractivity contribution < 1.29 is 4.79 Å². The van der Waals surface area contributed by atoms with Crippen LogP contribution in [-0.4, -0.2) is 39.9 Å². The summed E-state index contributed by atoms with van der Waals surface area (Å²) in [5, 5.41) is 3.75. The van der Waals surface area contributed by atoms with E-state index in [-0.39, 0.29) is 11.8 Å². The van der Waals surface area contributed by atoms with Crippen LogP contribution in [0.15, 0.2) is 53.7 Å². The predicted molar refractivity (Wildman–Crippen MR) is 107 cm³/mol. The highest BCUT2D eigenvalue weighted by Gasteiger charge is 2.14. The molecular formula is C18H19N7OS. The fraction of sp³-hybridized carbons (Fsp3) is 0.167. The molecule has 27 heavy (non-hydrogen) atoms. The van der Waals surface area contributed by atoms with Crippen LogP contribution >= 0.6 is 11.8 Å². The number of pyridine rings is 1. The van der Waals surface area contributed by atoms with Gasteiger partial charge in [-0.15, -0.1) is 11.8 Å². The van der Waals surface area contributed by atoms with Crippen molar-refractivity contribution in [3.63, 3.8) is 0 Å². The summed E-state index contributed by atoms with van der Waals surface area (Å²) in [6.07, 6.45) is 1.77. The van der Waals surface area contributed by atoms with E-state index in [0.717, 1.165) is 16.3 Å². The molecule has 0 saturated heterocycles. The number of carbonyl (C=O) groups excluding carboxylic acids is 1. The summed E-state index contributed by atoms with van der Waals surface area (Å²) in [4.78, 5) is 30.5. The summed E-state index contributed by atoms with van der Waals surface area (Å²) in [5.74, 6) is 0.596. The molecule has 0 radical (unpaired) electrons. The molecule has 8 nitrogen and oxygen atoms in total. The minimum Gasteiger partial charge on any atom is -0.368 e. The lowest BCUT2D eigenvalue weighted by Gasteiger charge is -2.11. The van der Waals surface area contributed by atoms with Gasteiger partial charge in [0.05, 0.1) is 5.03 Å². The van der Waals surface area contributed by atoms with Gasteiger partial charge in [0, 0.05) is 31.7 Å². The number of amides is 1. The quantitative estimate of drug-likeness (QED) is 0.627. The molecule has 0 aliphatic rings. The number of aromatic nitrogens is 4. The molecule has 0 bridgehead atoms. The van der Waals surface area contributed by atoms with E-state index in [2.05, 4.69) is 25.3 Å². The van der Waals surface area contributed by atoms with Crippen LogP contribution in [0.1, 0.15) is 16.2 Å². The van der Waals surface area contributed by atoms with Gasteiger partial charge in [0.2, 0.25) is 17.7 Å². The van der Waals surface area contributed by atoms with E-state index < -0.39 is 5.91 Å². The third-order valence-electron chi connectivity index (χ3n) is 3.45. The maximum atomic E-state index is 12.5. The van der Waals surface area contributed by atoms with Crippen molar-refractivity contribution >= 4 is 35.3 Å². The van der Waals surface area contributed by atoms with Crippen LogP contribution in [0.3, 0.4) is 0 Å². The molecule has 138 valence electrons. The number of nitrogens with zero attached hydrogens (tertiary/aromatic N) is 5. The minimum absolute atomic E-state index is 0.000591. The van der Waals surface area contributed by atoms with E-state index in [4.69, 9.17) is 5.73 Å². The third-order valence-corrected chi connectivity index (χ3v) is 4.47. The van der Waals surface area contributed by atoms with Gasteiger partial charge in [-0.25, -0.2) is 4.98 Å². The second-order valence-corrected chi connectivity index (χ2v) is 6.82. The normalized spacial score (nSPS) is 10.4. The number of rotatable bonds is 6. The van der Waals surface area contributed by atoms with Gasteiger partial charge in [-0.05, 0) is 29.8 Å². The number of nitrogens with two attached hydrogens (primary N) is 1. The van der Waals surface area contributed by atoms with Crippen LogP contribution in [0, 0.1) is 0 Å². The number of carbonyl (C=O) groups is 1. The number of hydrogen-bond acceptors (Lipinski definition) is 8. The van der Waals surface area contributed by atoms with Crippen LogP contribution in [-0.2, 0) is 5.75 Å². The molecule has 0 aliphatic heterocycles. The largest absolute Gasteiger partial charge is 0.368 e. The predicted octanol–water partition coefficient (Wildman–Crippen LogP) is 2.46. The Morgan fingerprint density at radius 2 is 2.00 bits per heavy atom. The van der Waals surface area contributed by atoms with E-state index in [0.29, 0.717) is 11.6 Å². The molecule has 0 unspecified atom stereocenters. The lowest BCUT2D eigenvalue weighted by molar-refractivity contribution is 0.101. The monoisotopic (exact) mass is 381 g/mol. The molecule has 0 fully saturated rings. The second kappa shape index (κ2) is 8.45. The molecule has 3 N–H and O–H groups in total. The zero-order valence-corrected chi connectivity index (χ0v) is 15.8. The number of benzene rings is 1. The summed E-state index contributed by atoms with van der Waals surface area (Å²) in [6.45, 7) is 0. The van der Waals surface area contributed by atoms with Gasteiger partial charge in [-0.3, -0.25) is 4.79 Å². The SMILES string of the molecule is CN(C)c1nc(N)nc(C(=O)Nc2cccc(CSc3ccccn3)c2)n1. The van der Waals surface area contributed by atoms with Gasteiger partial charge in [0.25, 0.3) is 5.91 Å². The van der Waals surface area contributed by atoms with Crippen molar-refractivity contribution in [2.45, 2.75) is 10.8 Å². The first-order valence-electron chi connectivity index (χ1n) is 8.14. The molecule has 2 aromatic heterocycles. The molecule has 3 aromatic rings. The molecular weight excluding hydrogens is 362 g/mol. The second-order valence-electron chi connectivity index (χ2n) is 5.82. The van der Waals surface area contributed by atoms with Gasteiger partial charge in [0.1, 0.15) is 0 Å². The van der Waals surface area contributed by atoms with Gasteiger partial charge < -0.3 is 16.0 Å². The van der Waals surface area contributed by atoms with Gasteiger partial charge in [-0.1, -0.05) is 18.2 Å². The Labute approximate surface area is 161 Å². The smallest absolute Gasteiger partial charge is 0.293 e. The van der Waals surface area contributed by atoms with Gasteiger partial charge >= 0.3 is 0 Å². The molecule has 0 saturated carbocycles. The standard InChI is InChI=1S/C18H19N7OS/c1-25(2)18-23-15(22-17(19)24-18)16(26)21-13-7-5-6-12(10-13)11-27-14-8-3-4-9-20-14/h3-10H,11H2,1-2H3,(H,21,26)(H2,19,22,23,24). The fourth-order valence-electron chi connectivity index (χ4n) is 2.20. The number of nitrogen functional groups attached to an aromatic ring is 1. The maximum Gasteiger partial charge on any atom is 0.293 e. The first-order chi connectivity index (χ1) is 13.0. The number of hydrogen-bond donors (Lipinski definition) is 2. The maximum absolute atomic E-state index is 12.5. The Balaban J connectivity index is 1.69. The van der Waals surface area contributed by atoms with Crippen molar-refractivity contribution in [2.24, 2.45) is 0 Å². The average molecular weight is 381 g/mol. The summed E-state index contributed by atoms with van der Waals surface area (Å²) < 4.78 is 0. The molecule has 9 heteroatoms. The highest BCUT2D eigenvalue weighted by atomic mass is 32.2. The molecule has 2 heterocycles. The fourth-order valence-corrected chi connectivity index (χ4v) is 3.00. The summed E-state index contributed by atoms with van der Waals surface area (Å²) in [5.41, 5.74) is 7.39. The Hall–Kier alpha value is -3.20. The van der Waals surface area contributed by atoms with Crippen molar-refractivity contribution in [3.05, 3.63) is 60.0 Å². The van der Waals surface area contributed by atoms with Crippen molar-refractivity contribution in [2.75, 3.05) is 30.0 Å². The Morgan fingerprint density at radius 3 is 2.74 bits per heavy atom. The van der Waals surface area contributed by atoms with Crippen LogP contribution < -0.4 is 16.0 Å². The zero-order chi connectivity index (χ0) is 19.2. The lowest BCUT2D eigenvalue weighted by Crippen LogP contribution is -2.21. The number of anilines is 3. The van der Waals surface area contributed by atoms with Crippen molar-refractivity contribution in [1.82, 2.24) is 19.9 Å². The molecule has 1 amide bonds. The van der Waals surface area contributed by atoms with E-state index in [1.807, 2.05) is 42.5 Å². The lowest BCUT2D eigenvalue weighted by atomic mass is 10.2. The van der Waals surface area contributed by atoms with Gasteiger partial charge in [0.15, 0.2) is 0 Å². The number of nitrogens with one attached hydrogen (secondary N) is 1. The Kier molecular flexibility index (Phi) is 5.82. The van der Waals surface area contributed by atoms with E-state index >= 15 is 0 Å². The number of thioether (sulfide) groups is 1. The van der Waals surface area contributed by atoms with Gasteiger partial charge in [-0.2, -0.15) is 15.0 Å². The molecule has 0 atom stereocenters. The topological polar surface area (TPSA) is 110 Å². The van der Waals surface area contributed by atoms with Crippen LogP contribution in [0.2, 0.25) is 0 Å².